The lowest BCUT2D eigenvalue weighted by Gasteiger charge is -2.37. The highest BCUT2D eigenvalue weighted by Crippen LogP contribution is 2.25. The molecule has 4 rings (SSSR count). The summed E-state index contributed by atoms with van der Waals surface area (Å²) in [4.78, 5) is 24.0. The Morgan fingerprint density at radius 1 is 1.00 bits per heavy atom. The third kappa shape index (κ3) is 3.47. The number of sulfonamides is 1. The number of nitrogens with zero attached hydrogens (tertiary/aromatic N) is 3. The lowest BCUT2D eigenvalue weighted by molar-refractivity contribution is -0.0296. The summed E-state index contributed by atoms with van der Waals surface area (Å²) in [6.07, 6.45) is -0.284. The largest absolute Gasteiger partial charge is 0.371 e. The van der Waals surface area contributed by atoms with Gasteiger partial charge in [-0.05, 0) is 35.9 Å². The van der Waals surface area contributed by atoms with Crippen LogP contribution in [-0.2, 0) is 35.5 Å². The van der Waals surface area contributed by atoms with Gasteiger partial charge < -0.3 is 13.9 Å². The molecule has 0 N–H and O–H groups in total. The average Bonchev–Trinajstić information content (AvgIpc) is 2.69. The molecule has 1 fully saturated rings. The molecule has 2 heterocycles. The lowest BCUT2D eigenvalue weighted by Crippen LogP contribution is -2.54. The highest BCUT2D eigenvalue weighted by molar-refractivity contribution is 7.89. The van der Waals surface area contributed by atoms with Crippen molar-refractivity contribution >= 4 is 21.1 Å². The minimum Gasteiger partial charge on any atom is -0.371 e. The van der Waals surface area contributed by atoms with E-state index in [1.54, 1.807) is 12.1 Å². The highest BCUT2D eigenvalue weighted by atomic mass is 32.2. The summed E-state index contributed by atoms with van der Waals surface area (Å²) < 4.78 is 48.4. The van der Waals surface area contributed by atoms with Crippen LogP contribution in [0.3, 0.4) is 0 Å². The van der Waals surface area contributed by atoms with Crippen LogP contribution < -0.4 is 11.1 Å². The van der Waals surface area contributed by atoms with Crippen LogP contribution in [0.4, 0.5) is 4.39 Å². The maximum absolute atomic E-state index is 13.2. The first-order valence-corrected chi connectivity index (χ1v) is 10.7. The molecule has 0 saturated carbocycles. The van der Waals surface area contributed by atoms with E-state index in [0.717, 1.165) is 4.57 Å². The zero-order chi connectivity index (χ0) is 21.6. The average molecular weight is 433 g/mol. The minimum absolute atomic E-state index is 0.0345. The summed E-state index contributed by atoms with van der Waals surface area (Å²) >= 11 is 0. The normalized spacial score (nSPS) is 15.4. The van der Waals surface area contributed by atoms with Crippen LogP contribution in [0.15, 0.2) is 56.9 Å². The minimum atomic E-state index is -3.78. The molecule has 0 amide bonds. The fourth-order valence-corrected chi connectivity index (χ4v) is 4.94. The van der Waals surface area contributed by atoms with Crippen molar-refractivity contribution in [3.63, 3.8) is 0 Å². The van der Waals surface area contributed by atoms with Crippen LogP contribution in [0.1, 0.15) is 5.56 Å². The summed E-state index contributed by atoms with van der Waals surface area (Å²) in [5, 5.41) is 0. The number of hydrogen-bond donors (Lipinski definition) is 0. The Morgan fingerprint density at radius 2 is 1.67 bits per heavy atom. The molecule has 158 valence electrons. The predicted molar refractivity (Wildman–Crippen MR) is 108 cm³/mol. The molecule has 1 aromatic heterocycles. The molecule has 10 heteroatoms. The molecule has 1 aliphatic heterocycles. The Hall–Kier alpha value is -2.82. The predicted octanol–water partition coefficient (Wildman–Crippen LogP) is 0.966. The number of halogens is 1. The second-order valence-electron chi connectivity index (χ2n) is 7.26. The molecule has 8 nitrogen and oxygen atoms in total. The van der Waals surface area contributed by atoms with Gasteiger partial charge in [-0.1, -0.05) is 12.1 Å². The summed E-state index contributed by atoms with van der Waals surface area (Å²) in [5.74, 6) is -0.350. The number of aryl methyl sites for hydroxylation is 2. The molecule has 2 aromatic carbocycles. The standard InChI is InChI=1S/C20H20FN3O5S/c1-22-17-7-6-16(9-18(17)23(2)20(26)19(22)25)30(27,28)24-10-15(11-24)29-12-13-4-3-5-14(21)8-13/h3-9,15H,10-12H2,1-2H3. The van der Waals surface area contributed by atoms with Crippen molar-refractivity contribution in [2.45, 2.75) is 17.6 Å². The van der Waals surface area contributed by atoms with E-state index in [2.05, 4.69) is 0 Å². The van der Waals surface area contributed by atoms with Crippen molar-refractivity contribution in [2.75, 3.05) is 13.1 Å². The van der Waals surface area contributed by atoms with Crippen molar-refractivity contribution in [1.29, 1.82) is 0 Å². The van der Waals surface area contributed by atoms with Crippen LogP contribution in [0.25, 0.3) is 11.0 Å². The first-order valence-electron chi connectivity index (χ1n) is 9.24. The van der Waals surface area contributed by atoms with E-state index in [4.69, 9.17) is 4.74 Å². The monoisotopic (exact) mass is 433 g/mol. The number of rotatable bonds is 5. The highest BCUT2D eigenvalue weighted by Gasteiger charge is 2.37. The van der Waals surface area contributed by atoms with Gasteiger partial charge in [-0.25, -0.2) is 12.8 Å². The van der Waals surface area contributed by atoms with E-state index in [0.29, 0.717) is 16.6 Å². The molecule has 30 heavy (non-hydrogen) atoms. The Labute approximate surface area is 171 Å². The van der Waals surface area contributed by atoms with E-state index in [1.165, 1.54) is 53.3 Å². The smallest absolute Gasteiger partial charge is 0.316 e. The second kappa shape index (κ2) is 7.46. The Kier molecular flexibility index (Phi) is 5.08. The van der Waals surface area contributed by atoms with E-state index in [1.807, 2.05) is 0 Å². The quantitative estimate of drug-likeness (QED) is 0.559. The van der Waals surface area contributed by atoms with E-state index < -0.39 is 21.1 Å². The third-order valence-electron chi connectivity index (χ3n) is 5.29. The van der Waals surface area contributed by atoms with E-state index in [-0.39, 0.29) is 36.5 Å². The fourth-order valence-electron chi connectivity index (χ4n) is 3.41. The molecule has 3 aromatic rings. The first kappa shape index (κ1) is 20.5. The SMILES string of the molecule is Cn1c(=O)c(=O)n(C)c2cc(S(=O)(=O)N3CC(OCc4cccc(F)c4)C3)ccc21. The molecule has 0 bridgehead atoms. The van der Waals surface area contributed by atoms with Crippen molar-refractivity contribution in [2.24, 2.45) is 14.1 Å². The summed E-state index contributed by atoms with van der Waals surface area (Å²) in [7, 11) is -0.877. The number of ether oxygens (including phenoxy) is 1. The van der Waals surface area contributed by atoms with Gasteiger partial charge in [-0.15, -0.1) is 0 Å². The molecule has 1 aliphatic rings. The zero-order valence-corrected chi connectivity index (χ0v) is 17.2. The Bertz CT molecular complexity index is 1360. The number of hydrogen-bond acceptors (Lipinski definition) is 5. The van der Waals surface area contributed by atoms with Gasteiger partial charge in [0.05, 0.1) is 28.6 Å². The first-order chi connectivity index (χ1) is 14.2. The molecule has 0 aliphatic carbocycles. The number of aromatic nitrogens is 2. The molecule has 0 spiro atoms. The van der Waals surface area contributed by atoms with Crippen molar-refractivity contribution < 1.29 is 17.5 Å². The molecule has 0 unspecified atom stereocenters. The maximum atomic E-state index is 13.2. The number of fused-ring (bicyclic) bond motifs is 1. The molecule has 0 radical (unpaired) electrons. The van der Waals surface area contributed by atoms with Crippen LogP contribution in [-0.4, -0.2) is 41.1 Å². The van der Waals surface area contributed by atoms with Gasteiger partial charge in [0.2, 0.25) is 10.0 Å². The fraction of sp³-hybridized carbons (Fsp3) is 0.300. The lowest BCUT2D eigenvalue weighted by atomic mass is 10.2. The van der Waals surface area contributed by atoms with Gasteiger partial charge >= 0.3 is 11.1 Å². The van der Waals surface area contributed by atoms with Gasteiger partial charge in [0.15, 0.2) is 0 Å². The molecular weight excluding hydrogens is 413 g/mol. The van der Waals surface area contributed by atoms with Crippen LogP contribution in [0.5, 0.6) is 0 Å². The van der Waals surface area contributed by atoms with Crippen LogP contribution >= 0.6 is 0 Å². The van der Waals surface area contributed by atoms with Gasteiger partial charge in [-0.2, -0.15) is 4.31 Å². The van der Waals surface area contributed by atoms with Crippen molar-refractivity contribution in [3.05, 3.63) is 74.6 Å². The van der Waals surface area contributed by atoms with Crippen molar-refractivity contribution in [1.82, 2.24) is 13.4 Å². The van der Waals surface area contributed by atoms with Gasteiger partial charge in [0.1, 0.15) is 5.82 Å². The number of benzene rings is 2. The topological polar surface area (TPSA) is 90.6 Å². The van der Waals surface area contributed by atoms with Gasteiger partial charge in [0, 0.05) is 27.2 Å². The van der Waals surface area contributed by atoms with Crippen LogP contribution in [0, 0.1) is 5.82 Å². The second-order valence-corrected chi connectivity index (χ2v) is 9.20. The summed E-state index contributed by atoms with van der Waals surface area (Å²) in [6.45, 7) is 0.562. The maximum Gasteiger partial charge on any atom is 0.316 e. The third-order valence-corrected chi connectivity index (χ3v) is 7.12. The Balaban J connectivity index is 1.51. The van der Waals surface area contributed by atoms with Crippen LogP contribution in [0.2, 0.25) is 0 Å². The molecule has 1 saturated heterocycles. The van der Waals surface area contributed by atoms with Gasteiger partial charge in [-0.3, -0.25) is 9.59 Å². The summed E-state index contributed by atoms with van der Waals surface area (Å²) in [6, 6.07) is 10.4. The van der Waals surface area contributed by atoms with E-state index in [9.17, 15) is 22.4 Å². The summed E-state index contributed by atoms with van der Waals surface area (Å²) in [5.41, 5.74) is 0.0804. The molecule has 0 atom stereocenters. The Morgan fingerprint density at radius 3 is 2.33 bits per heavy atom. The van der Waals surface area contributed by atoms with E-state index >= 15 is 0 Å². The molecular formula is C20H20FN3O5S. The van der Waals surface area contributed by atoms with Crippen molar-refractivity contribution in [3.8, 4) is 0 Å². The van der Waals surface area contributed by atoms with Gasteiger partial charge in [0.25, 0.3) is 0 Å². The zero-order valence-electron chi connectivity index (χ0n) is 16.4.